The number of aryl methyl sites for hydroxylation is 1. The molecule has 0 radical (unpaired) electrons. The molecule has 0 aliphatic rings. The fraction of sp³-hybridized carbons (Fsp3) is 0.375. The molecule has 1 amide bonds. The van der Waals surface area contributed by atoms with Crippen LogP contribution >= 0.6 is 12.4 Å². The Labute approximate surface area is 141 Å². The van der Waals surface area contributed by atoms with Crippen molar-refractivity contribution in [3.05, 3.63) is 40.2 Å². The summed E-state index contributed by atoms with van der Waals surface area (Å²) in [6.07, 6.45) is 0. The van der Waals surface area contributed by atoms with Crippen molar-refractivity contribution in [3.63, 3.8) is 0 Å². The molecule has 0 bridgehead atoms. The molecule has 2 N–H and O–H groups in total. The van der Waals surface area contributed by atoms with Gasteiger partial charge in [0.05, 0.1) is 5.52 Å². The zero-order valence-corrected chi connectivity index (χ0v) is 14.3. The number of rotatable bonds is 5. The first-order valence-electron chi connectivity index (χ1n) is 7.24. The number of aromatic nitrogens is 1. The Balaban J connectivity index is 0.00000264. The zero-order chi connectivity index (χ0) is 16.3. The van der Waals surface area contributed by atoms with Gasteiger partial charge in [0.2, 0.25) is 0 Å². The van der Waals surface area contributed by atoms with Crippen LogP contribution in [0.5, 0.6) is 5.75 Å². The molecule has 0 spiro atoms. The molecule has 2 aromatic rings. The molecule has 0 fully saturated rings. The second-order valence-electron chi connectivity index (χ2n) is 5.35. The van der Waals surface area contributed by atoms with Gasteiger partial charge in [-0.3, -0.25) is 9.59 Å². The number of amides is 1. The molecule has 0 aliphatic carbocycles. The van der Waals surface area contributed by atoms with E-state index in [-0.39, 0.29) is 23.7 Å². The number of fused-ring (bicyclic) bond motifs is 1. The van der Waals surface area contributed by atoms with E-state index in [0.717, 1.165) is 0 Å². The molecule has 6 nitrogen and oxygen atoms in total. The number of benzene rings is 1. The van der Waals surface area contributed by atoms with E-state index in [4.69, 9.17) is 0 Å². The number of pyridine rings is 1. The third kappa shape index (κ3) is 3.83. The Morgan fingerprint density at radius 3 is 2.57 bits per heavy atom. The van der Waals surface area contributed by atoms with E-state index < -0.39 is 11.5 Å². The van der Waals surface area contributed by atoms with E-state index in [1.165, 1.54) is 4.57 Å². The number of nitrogens with one attached hydrogen (secondary N) is 1. The molecule has 0 saturated heterocycles. The lowest BCUT2D eigenvalue weighted by Crippen LogP contribution is -2.36. The summed E-state index contributed by atoms with van der Waals surface area (Å²) in [5.74, 6) is -0.801. The molecule has 0 atom stereocenters. The van der Waals surface area contributed by atoms with Crippen LogP contribution < -0.4 is 10.9 Å². The summed E-state index contributed by atoms with van der Waals surface area (Å²) in [5, 5.41) is 13.5. The molecule has 23 heavy (non-hydrogen) atoms. The van der Waals surface area contributed by atoms with Crippen molar-refractivity contribution in [2.45, 2.75) is 13.5 Å². The summed E-state index contributed by atoms with van der Waals surface area (Å²) < 4.78 is 1.50. The van der Waals surface area contributed by atoms with Crippen molar-refractivity contribution in [2.24, 2.45) is 0 Å². The second-order valence-corrected chi connectivity index (χ2v) is 5.35. The van der Waals surface area contributed by atoms with Gasteiger partial charge in [-0.05, 0) is 33.2 Å². The zero-order valence-electron chi connectivity index (χ0n) is 13.5. The van der Waals surface area contributed by atoms with Crippen LogP contribution in [0, 0.1) is 0 Å². The van der Waals surface area contributed by atoms with Crippen LogP contribution in [0.4, 0.5) is 0 Å². The van der Waals surface area contributed by atoms with Crippen molar-refractivity contribution < 1.29 is 9.90 Å². The van der Waals surface area contributed by atoms with Crippen LogP contribution in [0.3, 0.4) is 0 Å². The average molecular weight is 340 g/mol. The van der Waals surface area contributed by atoms with E-state index in [1.54, 1.807) is 24.3 Å². The summed E-state index contributed by atoms with van der Waals surface area (Å²) in [5.41, 5.74) is -0.0438. The number of aromatic hydroxyl groups is 1. The lowest BCUT2D eigenvalue weighted by atomic mass is 10.1. The van der Waals surface area contributed by atoms with Crippen LogP contribution in [0.15, 0.2) is 29.1 Å². The minimum atomic E-state index is -0.544. The van der Waals surface area contributed by atoms with Gasteiger partial charge in [-0.15, -0.1) is 12.4 Å². The van der Waals surface area contributed by atoms with E-state index in [1.807, 2.05) is 25.9 Å². The van der Waals surface area contributed by atoms with Gasteiger partial charge in [0.1, 0.15) is 11.3 Å². The van der Waals surface area contributed by atoms with Crippen LogP contribution in [0.25, 0.3) is 10.9 Å². The molecule has 2 rings (SSSR count). The number of halogens is 1. The highest BCUT2D eigenvalue weighted by atomic mass is 35.5. The predicted octanol–water partition coefficient (Wildman–Crippen LogP) is 1.44. The number of hydrogen-bond donors (Lipinski definition) is 2. The van der Waals surface area contributed by atoms with Gasteiger partial charge >= 0.3 is 0 Å². The lowest BCUT2D eigenvalue weighted by molar-refractivity contribution is 0.0946. The van der Waals surface area contributed by atoms with Gasteiger partial charge in [-0.25, -0.2) is 0 Å². The Morgan fingerprint density at radius 2 is 1.96 bits per heavy atom. The van der Waals surface area contributed by atoms with Gasteiger partial charge in [0.15, 0.2) is 0 Å². The van der Waals surface area contributed by atoms with Crippen molar-refractivity contribution in [2.75, 3.05) is 27.2 Å². The average Bonchev–Trinajstić information content (AvgIpc) is 2.47. The van der Waals surface area contributed by atoms with Gasteiger partial charge in [-0.2, -0.15) is 0 Å². The number of para-hydroxylation sites is 1. The highest BCUT2D eigenvalue weighted by Crippen LogP contribution is 2.25. The third-order valence-corrected chi connectivity index (χ3v) is 3.53. The van der Waals surface area contributed by atoms with E-state index in [2.05, 4.69) is 5.32 Å². The normalized spacial score (nSPS) is 10.6. The summed E-state index contributed by atoms with van der Waals surface area (Å²) in [7, 11) is 3.79. The molecule has 1 heterocycles. The molecule has 0 aliphatic heterocycles. The van der Waals surface area contributed by atoms with Gasteiger partial charge in [-0.1, -0.05) is 12.1 Å². The van der Waals surface area contributed by atoms with Crippen molar-refractivity contribution in [1.82, 2.24) is 14.8 Å². The molecule has 0 unspecified atom stereocenters. The molecular formula is C16H22ClN3O3. The number of carbonyl (C=O) groups is 1. The van der Waals surface area contributed by atoms with Crippen LogP contribution in [-0.2, 0) is 6.54 Å². The number of nitrogens with zero attached hydrogens (tertiary/aromatic N) is 2. The number of likely N-dealkylation sites (N-methyl/N-ethyl adjacent to an activating group) is 1. The lowest BCUT2D eigenvalue weighted by Gasteiger charge is -2.14. The Hall–Kier alpha value is -2.05. The maximum Gasteiger partial charge on any atom is 0.267 e. The Bertz CT molecular complexity index is 756. The highest BCUT2D eigenvalue weighted by Gasteiger charge is 2.21. The third-order valence-electron chi connectivity index (χ3n) is 3.53. The summed E-state index contributed by atoms with van der Waals surface area (Å²) in [6, 6.07) is 7.02. The van der Waals surface area contributed by atoms with Crippen LogP contribution in [0.2, 0.25) is 0 Å². The smallest absolute Gasteiger partial charge is 0.267 e. The minimum absolute atomic E-state index is 0. The molecule has 0 saturated carbocycles. The molecule has 7 heteroatoms. The van der Waals surface area contributed by atoms with Crippen LogP contribution in [-0.4, -0.2) is 47.7 Å². The summed E-state index contributed by atoms with van der Waals surface area (Å²) in [6.45, 7) is 3.32. The van der Waals surface area contributed by atoms with Gasteiger partial charge in [0, 0.05) is 25.0 Å². The first kappa shape index (κ1) is 19.0. The first-order valence-corrected chi connectivity index (χ1v) is 7.24. The SMILES string of the molecule is CCn1c(=O)c(C(=O)NCCN(C)C)c(O)c2ccccc21.Cl. The number of hydrogen-bond acceptors (Lipinski definition) is 4. The Kier molecular flexibility index (Phi) is 6.60. The topological polar surface area (TPSA) is 74.6 Å². The largest absolute Gasteiger partial charge is 0.506 e. The van der Waals surface area contributed by atoms with Crippen molar-refractivity contribution in [3.8, 4) is 5.75 Å². The standard InChI is InChI=1S/C16H21N3O3.ClH/c1-4-19-12-8-6-5-7-11(12)14(20)13(16(19)22)15(21)17-9-10-18(2)3;/h5-8,20H,4,9-10H2,1-3H3,(H,17,21);1H. The fourth-order valence-electron chi connectivity index (χ4n) is 2.39. The number of carbonyl (C=O) groups excluding carboxylic acids is 1. The summed E-state index contributed by atoms with van der Waals surface area (Å²) >= 11 is 0. The maximum atomic E-state index is 12.5. The summed E-state index contributed by atoms with van der Waals surface area (Å²) in [4.78, 5) is 26.7. The first-order chi connectivity index (χ1) is 10.5. The second kappa shape index (κ2) is 7.99. The maximum absolute atomic E-state index is 12.5. The van der Waals surface area contributed by atoms with Gasteiger partial charge in [0.25, 0.3) is 11.5 Å². The quantitative estimate of drug-likeness (QED) is 0.864. The van der Waals surface area contributed by atoms with E-state index >= 15 is 0 Å². The van der Waals surface area contributed by atoms with Gasteiger partial charge < -0.3 is 19.9 Å². The monoisotopic (exact) mass is 339 g/mol. The molecule has 126 valence electrons. The predicted molar refractivity (Wildman–Crippen MR) is 93.7 cm³/mol. The minimum Gasteiger partial charge on any atom is -0.506 e. The Morgan fingerprint density at radius 1 is 1.30 bits per heavy atom. The molecular weight excluding hydrogens is 318 g/mol. The molecule has 1 aromatic heterocycles. The van der Waals surface area contributed by atoms with Crippen molar-refractivity contribution >= 4 is 29.2 Å². The van der Waals surface area contributed by atoms with Crippen molar-refractivity contribution in [1.29, 1.82) is 0 Å². The van der Waals surface area contributed by atoms with E-state index in [9.17, 15) is 14.7 Å². The molecule has 1 aromatic carbocycles. The highest BCUT2D eigenvalue weighted by molar-refractivity contribution is 6.02. The fourth-order valence-corrected chi connectivity index (χ4v) is 2.39. The van der Waals surface area contributed by atoms with E-state index in [0.29, 0.717) is 30.5 Å². The van der Waals surface area contributed by atoms with Crippen LogP contribution in [0.1, 0.15) is 17.3 Å².